The van der Waals surface area contributed by atoms with E-state index in [-0.39, 0.29) is 64.6 Å². The lowest BCUT2D eigenvalue weighted by Crippen LogP contribution is -2.66. The average molecular weight is 979 g/mol. The summed E-state index contributed by atoms with van der Waals surface area (Å²) < 4.78 is 52.9. The van der Waals surface area contributed by atoms with Crippen molar-refractivity contribution in [3.8, 4) is 0 Å². The molecule has 0 amide bonds. The van der Waals surface area contributed by atoms with Gasteiger partial charge in [0.15, 0.2) is 6.10 Å². The molecule has 5 rings (SSSR count). The van der Waals surface area contributed by atoms with Crippen LogP contribution in [0.1, 0.15) is 165 Å². The zero-order chi connectivity index (χ0) is 49.9. The quantitative estimate of drug-likeness (QED) is 0.0317. The van der Waals surface area contributed by atoms with Gasteiger partial charge in [-0.2, -0.15) is 0 Å². The Morgan fingerprint density at radius 3 is 1.42 bits per heavy atom. The minimum Gasteiger partial charge on any atom is -0.462 e. The number of carbonyl (C=O) groups excluding carboxylic acids is 2. The Bertz CT molecular complexity index is 1930. The highest BCUT2D eigenvalue weighted by Gasteiger charge is 2.55. The Morgan fingerprint density at radius 2 is 0.930 bits per heavy atom. The molecule has 390 valence electrons. The Balaban J connectivity index is 1.36. The molecule has 1 aliphatic rings. The van der Waals surface area contributed by atoms with E-state index in [4.69, 9.17) is 37.9 Å². The minimum atomic E-state index is -1.58. The van der Waals surface area contributed by atoms with Gasteiger partial charge < -0.3 is 37.9 Å². The number of esters is 2. The van der Waals surface area contributed by atoms with Crippen molar-refractivity contribution in [1.29, 1.82) is 0 Å². The second kappa shape index (κ2) is 35.7. The van der Waals surface area contributed by atoms with Gasteiger partial charge >= 0.3 is 11.9 Å². The first-order valence-corrected chi connectivity index (χ1v) is 27.2. The monoisotopic (exact) mass is 979 g/mol. The molecule has 0 radical (unpaired) electrons. The molecular formula is C61H86O10. The molecular weight excluding hydrogens is 893 g/mol. The van der Waals surface area contributed by atoms with Crippen LogP contribution < -0.4 is 0 Å². The molecule has 1 heterocycles. The number of ether oxygens (including phenoxy) is 8. The van der Waals surface area contributed by atoms with Gasteiger partial charge in [0.2, 0.25) is 5.79 Å². The van der Waals surface area contributed by atoms with Gasteiger partial charge in [0.05, 0.1) is 39.6 Å². The fraction of sp³-hybridized carbons (Fsp3) is 0.574. The second-order valence-electron chi connectivity index (χ2n) is 19.2. The van der Waals surface area contributed by atoms with E-state index in [1.165, 1.54) is 77.0 Å². The van der Waals surface area contributed by atoms with Crippen molar-refractivity contribution in [2.75, 3.05) is 26.4 Å². The van der Waals surface area contributed by atoms with Gasteiger partial charge in [-0.25, -0.2) is 0 Å². The summed E-state index contributed by atoms with van der Waals surface area (Å²) in [6, 6.07) is 39.9. The summed E-state index contributed by atoms with van der Waals surface area (Å²) in [6.07, 6.45) is 18.0. The molecule has 5 atom stereocenters. The first kappa shape index (κ1) is 57.5. The normalized spacial score (nSPS) is 18.3. The smallest absolute Gasteiger partial charge is 0.306 e. The second-order valence-corrected chi connectivity index (χ2v) is 19.2. The number of hydrogen-bond acceptors (Lipinski definition) is 10. The molecule has 10 nitrogen and oxygen atoms in total. The van der Waals surface area contributed by atoms with Gasteiger partial charge in [-0.3, -0.25) is 9.59 Å². The molecule has 1 aliphatic heterocycles. The molecule has 1 unspecified atom stereocenters. The van der Waals surface area contributed by atoms with Crippen LogP contribution in [0.2, 0.25) is 0 Å². The molecule has 4 aromatic rings. The van der Waals surface area contributed by atoms with E-state index >= 15 is 0 Å². The third-order valence-electron chi connectivity index (χ3n) is 13.1. The van der Waals surface area contributed by atoms with Gasteiger partial charge in [-0.15, -0.1) is 0 Å². The van der Waals surface area contributed by atoms with Gasteiger partial charge in [0, 0.05) is 12.8 Å². The zero-order valence-corrected chi connectivity index (χ0v) is 43.2. The Morgan fingerprint density at radius 1 is 0.507 bits per heavy atom. The summed E-state index contributed by atoms with van der Waals surface area (Å²) in [5.41, 5.74) is 3.92. The number of unbranched alkanes of at least 4 members (excludes halogenated alkanes) is 16. The minimum absolute atomic E-state index is 0.0601. The molecule has 1 saturated heterocycles. The summed E-state index contributed by atoms with van der Waals surface area (Å²) in [4.78, 5) is 26.9. The summed E-state index contributed by atoms with van der Waals surface area (Å²) in [5.74, 6) is -2.26. The molecule has 1 fully saturated rings. The van der Waals surface area contributed by atoms with Crippen molar-refractivity contribution in [1.82, 2.24) is 0 Å². The van der Waals surface area contributed by atoms with Crippen LogP contribution in [-0.2, 0) is 73.9 Å². The van der Waals surface area contributed by atoms with Crippen molar-refractivity contribution in [2.24, 2.45) is 0 Å². The SMILES string of the molecule is CCCCCCCCCCCC(=O)OCC(CO[C@]1(COCc2ccccc2)OC[C@@H](OCc2ccccc2)[C@@H](OCc2ccccc2)[C@@H]1OCc1ccccc1)OC(=O)CCCCCCCCCCC. The average Bonchev–Trinajstić information content (AvgIpc) is 3.40. The Labute approximate surface area is 426 Å². The standard InChI is InChI=1S/C61H86O10/c1-3-5-7-9-11-13-15-17-31-41-57(62)66-47-55(71-58(63)42-32-18-16-14-12-10-8-6-4-2)48-69-61(50-64-43-51-33-23-19-24-34-51)60(68-46-54-39-29-22-30-40-54)59(67-45-53-37-27-21-28-38-53)56(49-70-61)65-44-52-35-25-20-26-36-52/h19-30,33-40,55-56,59-60H,3-18,31-32,41-50H2,1-2H3/t55?,56-,59-,60+,61-/m1/s1. The van der Waals surface area contributed by atoms with Crippen molar-refractivity contribution >= 4 is 11.9 Å². The lowest BCUT2D eigenvalue weighted by molar-refractivity contribution is -0.373. The molecule has 10 heteroatoms. The van der Waals surface area contributed by atoms with Crippen LogP contribution >= 0.6 is 0 Å². The van der Waals surface area contributed by atoms with E-state index in [1.54, 1.807) is 0 Å². The van der Waals surface area contributed by atoms with Crippen molar-refractivity contribution in [3.05, 3.63) is 144 Å². The van der Waals surface area contributed by atoms with E-state index < -0.39 is 30.2 Å². The molecule has 0 saturated carbocycles. The van der Waals surface area contributed by atoms with Crippen LogP contribution in [0.3, 0.4) is 0 Å². The maximum Gasteiger partial charge on any atom is 0.306 e. The van der Waals surface area contributed by atoms with Crippen LogP contribution in [0.4, 0.5) is 0 Å². The van der Waals surface area contributed by atoms with E-state index in [2.05, 4.69) is 13.8 Å². The molecule has 0 bridgehead atoms. The molecule has 0 spiro atoms. The number of hydrogen-bond donors (Lipinski definition) is 0. The molecule has 4 aromatic carbocycles. The maximum absolute atomic E-state index is 13.6. The highest BCUT2D eigenvalue weighted by Crippen LogP contribution is 2.36. The lowest BCUT2D eigenvalue weighted by atomic mass is 9.95. The summed E-state index contributed by atoms with van der Waals surface area (Å²) in [7, 11) is 0. The molecule has 0 aliphatic carbocycles. The molecule has 0 aromatic heterocycles. The number of benzene rings is 4. The fourth-order valence-corrected chi connectivity index (χ4v) is 8.90. The van der Waals surface area contributed by atoms with Crippen molar-refractivity contribution < 1.29 is 47.5 Å². The lowest BCUT2D eigenvalue weighted by Gasteiger charge is -2.49. The van der Waals surface area contributed by atoms with Crippen LogP contribution in [0.25, 0.3) is 0 Å². The largest absolute Gasteiger partial charge is 0.462 e. The topological polar surface area (TPSA) is 108 Å². The zero-order valence-electron chi connectivity index (χ0n) is 43.2. The van der Waals surface area contributed by atoms with E-state index in [1.807, 2.05) is 121 Å². The van der Waals surface area contributed by atoms with Gasteiger partial charge in [-0.1, -0.05) is 238 Å². The van der Waals surface area contributed by atoms with E-state index in [0.29, 0.717) is 13.0 Å². The first-order chi connectivity index (χ1) is 35.0. The number of carbonyl (C=O) groups is 2. The first-order valence-electron chi connectivity index (χ1n) is 27.2. The van der Waals surface area contributed by atoms with Crippen LogP contribution in [0, 0.1) is 0 Å². The van der Waals surface area contributed by atoms with Gasteiger partial charge in [-0.05, 0) is 35.1 Å². The van der Waals surface area contributed by atoms with Crippen LogP contribution in [0.15, 0.2) is 121 Å². The summed E-state index contributed by atoms with van der Waals surface area (Å²) in [5, 5.41) is 0. The fourth-order valence-electron chi connectivity index (χ4n) is 8.90. The predicted octanol–water partition coefficient (Wildman–Crippen LogP) is 14.0. The maximum atomic E-state index is 13.6. The van der Waals surface area contributed by atoms with E-state index in [0.717, 1.165) is 60.8 Å². The highest BCUT2D eigenvalue weighted by molar-refractivity contribution is 5.70. The van der Waals surface area contributed by atoms with Gasteiger partial charge in [0.1, 0.15) is 31.5 Å². The third kappa shape index (κ3) is 23.3. The van der Waals surface area contributed by atoms with Crippen molar-refractivity contribution in [3.63, 3.8) is 0 Å². The number of rotatable bonds is 39. The molecule has 0 N–H and O–H groups in total. The van der Waals surface area contributed by atoms with Crippen molar-refractivity contribution in [2.45, 2.75) is 199 Å². The van der Waals surface area contributed by atoms with Crippen LogP contribution in [-0.4, -0.2) is 68.6 Å². The summed E-state index contributed by atoms with van der Waals surface area (Å²) >= 11 is 0. The van der Waals surface area contributed by atoms with E-state index in [9.17, 15) is 9.59 Å². The Kier molecular flexibility index (Phi) is 28.9. The highest BCUT2D eigenvalue weighted by atomic mass is 16.8. The predicted molar refractivity (Wildman–Crippen MR) is 280 cm³/mol. The summed E-state index contributed by atoms with van der Waals surface area (Å²) in [6.45, 7) is 5.26. The molecule has 71 heavy (non-hydrogen) atoms. The van der Waals surface area contributed by atoms with Gasteiger partial charge in [0.25, 0.3) is 0 Å². The Hall–Kier alpha value is -4.42. The third-order valence-corrected chi connectivity index (χ3v) is 13.1. The van der Waals surface area contributed by atoms with Crippen LogP contribution in [0.5, 0.6) is 0 Å².